The molecule has 2 aromatic rings. The molecule has 1 atom stereocenters. The Morgan fingerprint density at radius 1 is 1.35 bits per heavy atom. The van der Waals surface area contributed by atoms with E-state index in [-0.39, 0.29) is 17.5 Å². The summed E-state index contributed by atoms with van der Waals surface area (Å²) in [7, 11) is -3.61. The van der Waals surface area contributed by atoms with Gasteiger partial charge in [-0.3, -0.25) is 0 Å². The van der Waals surface area contributed by atoms with Crippen molar-refractivity contribution in [2.24, 2.45) is 0 Å². The van der Waals surface area contributed by atoms with E-state index in [0.717, 1.165) is 5.56 Å². The summed E-state index contributed by atoms with van der Waals surface area (Å²) in [6.45, 7) is 3.37. The topological polar surface area (TPSA) is 66.4 Å². The van der Waals surface area contributed by atoms with Crippen molar-refractivity contribution in [3.63, 3.8) is 0 Å². The summed E-state index contributed by atoms with van der Waals surface area (Å²) in [5, 5.41) is 13.0. The molecule has 0 bridgehead atoms. The van der Waals surface area contributed by atoms with Gasteiger partial charge in [-0.1, -0.05) is 12.1 Å². The molecule has 0 aliphatic carbocycles. The Balaban J connectivity index is 2.31. The van der Waals surface area contributed by atoms with E-state index in [1.807, 2.05) is 23.8 Å². The molecule has 6 heteroatoms. The monoisotopic (exact) mass is 311 g/mol. The second-order valence-electron chi connectivity index (χ2n) is 4.66. The molecule has 108 valence electrons. The number of aliphatic hydroxyl groups excluding tert-OH is 1. The third-order valence-corrected chi connectivity index (χ3v) is 5.48. The van der Waals surface area contributed by atoms with Gasteiger partial charge < -0.3 is 5.11 Å². The number of sulfonamides is 1. The minimum Gasteiger partial charge on any atom is -0.392 e. The van der Waals surface area contributed by atoms with Gasteiger partial charge >= 0.3 is 0 Å². The zero-order chi connectivity index (χ0) is 14.8. The molecule has 0 aliphatic heterocycles. The van der Waals surface area contributed by atoms with Crippen LogP contribution in [0.1, 0.15) is 29.7 Å². The fourth-order valence-corrected chi connectivity index (χ4v) is 4.20. The molecule has 1 aromatic carbocycles. The smallest absolute Gasteiger partial charge is 0.241 e. The van der Waals surface area contributed by atoms with Gasteiger partial charge in [0.15, 0.2) is 0 Å². The Bertz CT molecular complexity index is 678. The largest absolute Gasteiger partial charge is 0.392 e. The van der Waals surface area contributed by atoms with Crippen LogP contribution in [0.2, 0.25) is 0 Å². The molecular weight excluding hydrogens is 294 g/mol. The van der Waals surface area contributed by atoms with Crippen LogP contribution >= 0.6 is 11.3 Å². The maximum absolute atomic E-state index is 12.4. The van der Waals surface area contributed by atoms with E-state index in [4.69, 9.17) is 5.11 Å². The second-order valence-corrected chi connectivity index (χ2v) is 7.12. The van der Waals surface area contributed by atoms with Crippen LogP contribution in [0.4, 0.5) is 0 Å². The first kappa shape index (κ1) is 15.2. The second kappa shape index (κ2) is 6.05. The van der Waals surface area contributed by atoms with Crippen molar-refractivity contribution in [1.29, 1.82) is 0 Å². The molecule has 0 radical (unpaired) electrons. The summed E-state index contributed by atoms with van der Waals surface area (Å²) in [5.41, 5.74) is 2.18. The highest BCUT2D eigenvalue weighted by Gasteiger charge is 2.20. The summed E-state index contributed by atoms with van der Waals surface area (Å²) in [6.07, 6.45) is 0. The number of benzene rings is 1. The highest BCUT2D eigenvalue weighted by atomic mass is 32.2. The van der Waals surface area contributed by atoms with Gasteiger partial charge in [-0.15, -0.1) is 0 Å². The molecule has 0 aliphatic rings. The number of nitrogens with one attached hydrogen (secondary N) is 1. The molecule has 0 amide bonds. The highest BCUT2D eigenvalue weighted by molar-refractivity contribution is 7.89. The van der Waals surface area contributed by atoms with E-state index in [0.29, 0.717) is 11.1 Å². The van der Waals surface area contributed by atoms with Gasteiger partial charge in [0, 0.05) is 6.04 Å². The normalized spacial score (nSPS) is 13.3. The molecule has 0 spiro atoms. The van der Waals surface area contributed by atoms with Crippen LogP contribution in [0.5, 0.6) is 0 Å². The predicted molar refractivity (Wildman–Crippen MR) is 80.2 cm³/mol. The first-order valence-corrected chi connectivity index (χ1v) is 8.61. The maximum atomic E-state index is 12.4. The van der Waals surface area contributed by atoms with Crippen molar-refractivity contribution in [3.05, 3.63) is 51.7 Å². The van der Waals surface area contributed by atoms with Crippen LogP contribution in [-0.4, -0.2) is 13.5 Å². The van der Waals surface area contributed by atoms with Crippen molar-refractivity contribution >= 4 is 21.4 Å². The molecular formula is C14H17NO3S2. The van der Waals surface area contributed by atoms with E-state index in [2.05, 4.69) is 4.72 Å². The third kappa shape index (κ3) is 3.27. The molecule has 2 N–H and O–H groups in total. The van der Waals surface area contributed by atoms with E-state index < -0.39 is 10.0 Å². The summed E-state index contributed by atoms with van der Waals surface area (Å²) < 4.78 is 27.5. The van der Waals surface area contributed by atoms with Gasteiger partial charge in [0.1, 0.15) is 0 Å². The number of aryl methyl sites for hydroxylation is 1. The van der Waals surface area contributed by atoms with Crippen LogP contribution in [0.3, 0.4) is 0 Å². The van der Waals surface area contributed by atoms with Crippen LogP contribution in [0.25, 0.3) is 0 Å². The SMILES string of the molecule is Cc1ccc(CO)cc1S(=O)(=O)NC(C)c1ccsc1. The Kier molecular flexibility index (Phi) is 4.59. The lowest BCUT2D eigenvalue weighted by Crippen LogP contribution is -2.27. The molecule has 1 aromatic heterocycles. The maximum Gasteiger partial charge on any atom is 0.241 e. The number of hydrogen-bond acceptors (Lipinski definition) is 4. The van der Waals surface area contributed by atoms with E-state index in [1.54, 1.807) is 19.1 Å². The molecule has 1 heterocycles. The predicted octanol–water partition coefficient (Wildman–Crippen LogP) is 2.59. The fraction of sp³-hybridized carbons (Fsp3) is 0.286. The zero-order valence-electron chi connectivity index (χ0n) is 11.3. The van der Waals surface area contributed by atoms with E-state index >= 15 is 0 Å². The van der Waals surface area contributed by atoms with Gasteiger partial charge in [0.05, 0.1) is 11.5 Å². The Morgan fingerprint density at radius 2 is 2.10 bits per heavy atom. The quantitative estimate of drug-likeness (QED) is 0.892. The van der Waals surface area contributed by atoms with Crippen LogP contribution < -0.4 is 4.72 Å². The lowest BCUT2D eigenvalue weighted by Gasteiger charge is -2.15. The van der Waals surface area contributed by atoms with Crippen LogP contribution in [0, 0.1) is 6.92 Å². The molecule has 1 unspecified atom stereocenters. The van der Waals surface area contributed by atoms with Crippen LogP contribution in [0.15, 0.2) is 39.9 Å². The molecule has 4 nitrogen and oxygen atoms in total. The minimum absolute atomic E-state index is 0.178. The van der Waals surface area contributed by atoms with Gasteiger partial charge in [0.2, 0.25) is 10.0 Å². The standard InChI is InChI=1S/C14H17NO3S2/c1-10-3-4-12(8-16)7-14(10)20(17,18)15-11(2)13-5-6-19-9-13/h3-7,9,11,15-16H,8H2,1-2H3. The Morgan fingerprint density at radius 3 is 2.70 bits per heavy atom. The first-order chi connectivity index (χ1) is 9.44. The summed E-state index contributed by atoms with van der Waals surface area (Å²) in [4.78, 5) is 0.214. The van der Waals surface area contributed by atoms with Crippen molar-refractivity contribution in [1.82, 2.24) is 4.72 Å². The van der Waals surface area contributed by atoms with Gasteiger partial charge in [0.25, 0.3) is 0 Å². The van der Waals surface area contributed by atoms with Crippen LogP contribution in [-0.2, 0) is 16.6 Å². The third-order valence-electron chi connectivity index (χ3n) is 3.10. The van der Waals surface area contributed by atoms with Crippen molar-refractivity contribution in [3.8, 4) is 0 Å². The minimum atomic E-state index is -3.61. The average Bonchev–Trinajstić information content (AvgIpc) is 2.92. The zero-order valence-corrected chi connectivity index (χ0v) is 13.0. The molecule has 0 fully saturated rings. The lowest BCUT2D eigenvalue weighted by molar-refractivity contribution is 0.281. The van der Waals surface area contributed by atoms with Gasteiger partial charge in [-0.25, -0.2) is 13.1 Å². The Hall–Kier alpha value is -1.21. The number of aliphatic hydroxyl groups is 1. The summed E-state index contributed by atoms with van der Waals surface area (Å²) >= 11 is 1.53. The molecule has 0 saturated heterocycles. The Labute approximate surface area is 123 Å². The van der Waals surface area contributed by atoms with E-state index in [9.17, 15) is 8.42 Å². The summed E-state index contributed by atoms with van der Waals surface area (Å²) in [6, 6.07) is 6.54. The number of thiophene rings is 1. The molecule has 2 rings (SSSR count). The van der Waals surface area contributed by atoms with Gasteiger partial charge in [-0.05, 0) is 53.4 Å². The lowest BCUT2D eigenvalue weighted by atomic mass is 10.2. The van der Waals surface area contributed by atoms with Crippen molar-refractivity contribution < 1.29 is 13.5 Å². The first-order valence-electron chi connectivity index (χ1n) is 6.19. The van der Waals surface area contributed by atoms with E-state index in [1.165, 1.54) is 17.4 Å². The number of hydrogen-bond donors (Lipinski definition) is 2. The summed E-state index contributed by atoms with van der Waals surface area (Å²) in [5.74, 6) is 0. The fourth-order valence-electron chi connectivity index (χ4n) is 1.92. The molecule has 20 heavy (non-hydrogen) atoms. The average molecular weight is 311 g/mol. The molecule has 0 saturated carbocycles. The van der Waals surface area contributed by atoms with Gasteiger partial charge in [-0.2, -0.15) is 11.3 Å². The highest BCUT2D eigenvalue weighted by Crippen LogP contribution is 2.22. The number of rotatable bonds is 5. The van der Waals surface area contributed by atoms with Crippen molar-refractivity contribution in [2.75, 3.05) is 0 Å². The van der Waals surface area contributed by atoms with Crippen molar-refractivity contribution in [2.45, 2.75) is 31.4 Å².